The number of nitrogens with zero attached hydrogens (tertiary/aromatic N) is 3. The molecule has 0 fully saturated rings. The maximum absolute atomic E-state index is 13.7. The van der Waals surface area contributed by atoms with Crippen LogP contribution in [-0.2, 0) is 27.8 Å². The van der Waals surface area contributed by atoms with Gasteiger partial charge < -0.3 is 14.4 Å². The van der Waals surface area contributed by atoms with Crippen LogP contribution in [0.1, 0.15) is 31.4 Å². The molecule has 0 N–H and O–H groups in total. The summed E-state index contributed by atoms with van der Waals surface area (Å²) in [6.45, 7) is 7.52. The number of carbonyl (C=O) groups is 1. The van der Waals surface area contributed by atoms with Gasteiger partial charge in [0.1, 0.15) is 13.2 Å². The molecule has 0 aromatic heterocycles. The van der Waals surface area contributed by atoms with E-state index >= 15 is 0 Å². The number of sulfonamides is 1. The first-order valence-electron chi connectivity index (χ1n) is 12.4. The summed E-state index contributed by atoms with van der Waals surface area (Å²) in [6.07, 6.45) is 1.98. The van der Waals surface area contributed by atoms with Gasteiger partial charge in [0.05, 0.1) is 23.4 Å². The standard InChI is InChI=1S/C26H33Cl2N3O5S/c1-18(2)29-7-4-8-31(37(3,33)34)23-16-21(27)6-5-20(23)17-30(10-9-29)25(32)15-19-13-22(28)26-24(14-19)35-11-12-36-26/h5-6,13-14,16,18H,4,7-12,15,17H2,1-3H3. The van der Waals surface area contributed by atoms with Crippen LogP contribution in [0.3, 0.4) is 0 Å². The summed E-state index contributed by atoms with van der Waals surface area (Å²) in [5, 5.41) is 0.849. The molecule has 1 amide bonds. The molecule has 0 saturated carbocycles. The van der Waals surface area contributed by atoms with E-state index in [1.165, 1.54) is 10.6 Å². The number of amides is 1. The van der Waals surface area contributed by atoms with Gasteiger partial charge in [-0.3, -0.25) is 14.0 Å². The molecule has 0 bridgehead atoms. The van der Waals surface area contributed by atoms with Crippen molar-refractivity contribution in [3.8, 4) is 11.5 Å². The molecule has 202 valence electrons. The summed E-state index contributed by atoms with van der Waals surface area (Å²) in [7, 11) is -3.56. The fraction of sp³-hybridized carbons (Fsp3) is 0.500. The van der Waals surface area contributed by atoms with Crippen LogP contribution in [0.4, 0.5) is 5.69 Å². The van der Waals surface area contributed by atoms with Crippen molar-refractivity contribution in [3.63, 3.8) is 0 Å². The Balaban J connectivity index is 1.67. The number of fused-ring (bicyclic) bond motifs is 2. The number of ether oxygens (including phenoxy) is 2. The van der Waals surface area contributed by atoms with E-state index in [0.29, 0.717) is 73.0 Å². The first-order valence-corrected chi connectivity index (χ1v) is 15.0. The van der Waals surface area contributed by atoms with Gasteiger partial charge >= 0.3 is 0 Å². The Kier molecular flexibility index (Phi) is 8.78. The molecule has 0 saturated heterocycles. The summed E-state index contributed by atoms with van der Waals surface area (Å²) >= 11 is 12.7. The zero-order chi connectivity index (χ0) is 26.7. The second-order valence-corrected chi connectivity index (χ2v) is 12.4. The van der Waals surface area contributed by atoms with Gasteiger partial charge in [0, 0.05) is 43.8 Å². The van der Waals surface area contributed by atoms with Crippen LogP contribution in [0.25, 0.3) is 0 Å². The van der Waals surface area contributed by atoms with Gasteiger partial charge in [-0.25, -0.2) is 8.42 Å². The lowest BCUT2D eigenvalue weighted by molar-refractivity contribution is -0.131. The Bertz CT molecular complexity index is 1260. The Morgan fingerprint density at radius 3 is 2.51 bits per heavy atom. The molecule has 2 aromatic carbocycles. The van der Waals surface area contributed by atoms with Gasteiger partial charge in [-0.05, 0) is 55.7 Å². The third-order valence-corrected chi connectivity index (χ3v) is 8.33. The van der Waals surface area contributed by atoms with Crippen LogP contribution < -0.4 is 13.8 Å². The van der Waals surface area contributed by atoms with Crippen molar-refractivity contribution in [3.05, 3.63) is 51.5 Å². The van der Waals surface area contributed by atoms with E-state index < -0.39 is 10.0 Å². The predicted molar refractivity (Wildman–Crippen MR) is 147 cm³/mol. The van der Waals surface area contributed by atoms with E-state index in [4.69, 9.17) is 32.7 Å². The fourth-order valence-electron chi connectivity index (χ4n) is 4.71. The zero-order valence-corrected chi connectivity index (χ0v) is 23.7. The summed E-state index contributed by atoms with van der Waals surface area (Å²) in [5.41, 5.74) is 1.96. The highest BCUT2D eigenvalue weighted by molar-refractivity contribution is 7.92. The average molecular weight is 571 g/mol. The van der Waals surface area contributed by atoms with Gasteiger partial charge in [0.25, 0.3) is 0 Å². The van der Waals surface area contributed by atoms with E-state index in [1.807, 2.05) is 0 Å². The molecular weight excluding hydrogens is 537 g/mol. The maximum atomic E-state index is 13.7. The van der Waals surface area contributed by atoms with Gasteiger partial charge in [0.2, 0.25) is 15.9 Å². The lowest BCUT2D eigenvalue weighted by Crippen LogP contribution is -2.41. The van der Waals surface area contributed by atoms with Crippen molar-refractivity contribution in [2.24, 2.45) is 0 Å². The van der Waals surface area contributed by atoms with Crippen LogP contribution in [-0.4, -0.2) is 75.8 Å². The second kappa shape index (κ2) is 11.7. The molecule has 4 rings (SSSR count). The highest BCUT2D eigenvalue weighted by atomic mass is 35.5. The van der Waals surface area contributed by atoms with Crippen molar-refractivity contribution in [1.29, 1.82) is 0 Å². The maximum Gasteiger partial charge on any atom is 0.232 e. The van der Waals surface area contributed by atoms with Crippen molar-refractivity contribution in [2.45, 2.75) is 39.3 Å². The van der Waals surface area contributed by atoms with E-state index in [-0.39, 0.29) is 24.9 Å². The van der Waals surface area contributed by atoms with Gasteiger partial charge in [-0.2, -0.15) is 0 Å². The quantitative estimate of drug-likeness (QED) is 0.548. The topological polar surface area (TPSA) is 79.4 Å². The van der Waals surface area contributed by atoms with Crippen molar-refractivity contribution in [1.82, 2.24) is 9.80 Å². The Morgan fingerprint density at radius 2 is 1.78 bits per heavy atom. The SMILES string of the molecule is CC(C)N1CCCN(S(C)(=O)=O)c2cc(Cl)ccc2CN(C(=O)Cc2cc(Cl)c3c(c2)OCCO3)CC1. The van der Waals surface area contributed by atoms with Crippen LogP contribution in [0, 0.1) is 0 Å². The van der Waals surface area contributed by atoms with Crippen molar-refractivity contribution in [2.75, 3.05) is 50.0 Å². The summed E-state index contributed by atoms with van der Waals surface area (Å²) in [5.74, 6) is 0.940. The van der Waals surface area contributed by atoms with Gasteiger partial charge in [-0.1, -0.05) is 29.3 Å². The normalized spacial score (nSPS) is 17.4. The number of halogens is 2. The lowest BCUT2D eigenvalue weighted by atomic mass is 10.1. The summed E-state index contributed by atoms with van der Waals surface area (Å²) < 4.78 is 38.2. The molecule has 2 aliphatic rings. The van der Waals surface area contributed by atoms with Gasteiger partial charge in [0.15, 0.2) is 11.5 Å². The molecule has 0 spiro atoms. The molecule has 37 heavy (non-hydrogen) atoms. The van der Waals surface area contributed by atoms with E-state index in [0.717, 1.165) is 11.1 Å². The molecule has 0 atom stereocenters. The van der Waals surface area contributed by atoms with Crippen LogP contribution in [0.15, 0.2) is 30.3 Å². The first-order chi connectivity index (χ1) is 17.5. The van der Waals surface area contributed by atoms with Crippen LogP contribution in [0.5, 0.6) is 11.5 Å². The minimum atomic E-state index is -3.56. The Labute approximate surface area is 229 Å². The van der Waals surface area contributed by atoms with E-state index in [9.17, 15) is 13.2 Å². The molecular formula is C26H33Cl2N3O5S. The monoisotopic (exact) mass is 569 g/mol. The molecule has 11 heteroatoms. The zero-order valence-electron chi connectivity index (χ0n) is 21.4. The largest absolute Gasteiger partial charge is 0.486 e. The summed E-state index contributed by atoms with van der Waals surface area (Å²) in [4.78, 5) is 17.7. The third kappa shape index (κ3) is 6.82. The van der Waals surface area contributed by atoms with Crippen LogP contribution >= 0.6 is 23.2 Å². The summed E-state index contributed by atoms with van der Waals surface area (Å²) in [6, 6.07) is 8.97. The minimum absolute atomic E-state index is 0.0949. The fourth-order valence-corrected chi connectivity index (χ4v) is 6.16. The Morgan fingerprint density at radius 1 is 1.03 bits per heavy atom. The highest BCUT2D eigenvalue weighted by Gasteiger charge is 2.26. The van der Waals surface area contributed by atoms with Crippen molar-refractivity contribution < 1.29 is 22.7 Å². The number of benzene rings is 2. The van der Waals surface area contributed by atoms with Gasteiger partial charge in [-0.15, -0.1) is 0 Å². The smallest absolute Gasteiger partial charge is 0.232 e. The van der Waals surface area contributed by atoms with E-state index in [2.05, 4.69) is 18.7 Å². The molecule has 0 aliphatic carbocycles. The molecule has 0 unspecified atom stereocenters. The van der Waals surface area contributed by atoms with Crippen molar-refractivity contribution >= 4 is 44.8 Å². The van der Waals surface area contributed by atoms with Crippen LogP contribution in [0.2, 0.25) is 10.0 Å². The number of rotatable bonds is 4. The number of anilines is 1. The molecule has 0 radical (unpaired) electrons. The average Bonchev–Trinajstić information content (AvgIpc) is 2.86. The third-order valence-electron chi connectivity index (χ3n) is 6.64. The van der Waals surface area contributed by atoms with E-state index in [1.54, 1.807) is 35.2 Å². The predicted octanol–water partition coefficient (Wildman–Crippen LogP) is 4.22. The molecule has 2 aromatic rings. The lowest BCUT2D eigenvalue weighted by Gasteiger charge is -2.30. The Hall–Kier alpha value is -2.20. The highest BCUT2D eigenvalue weighted by Crippen LogP contribution is 2.38. The number of hydrogen-bond donors (Lipinski definition) is 0. The second-order valence-electron chi connectivity index (χ2n) is 9.69. The number of carbonyl (C=O) groups excluding carboxylic acids is 1. The molecule has 2 aliphatic heterocycles. The molecule has 8 nitrogen and oxygen atoms in total. The minimum Gasteiger partial charge on any atom is -0.486 e. The first kappa shape index (κ1) is 27.8. The number of hydrogen-bond acceptors (Lipinski definition) is 6. The molecule has 2 heterocycles.